The lowest BCUT2D eigenvalue weighted by Crippen LogP contribution is -2.57. The molecule has 2 aliphatic heterocycles. The van der Waals surface area contributed by atoms with Crippen LogP contribution in [0.4, 0.5) is 5.69 Å². The molecule has 3 rings (SSSR count). The third-order valence-corrected chi connectivity index (χ3v) is 4.54. The van der Waals surface area contributed by atoms with Gasteiger partial charge < -0.3 is 15.0 Å². The Hall–Kier alpha value is -1.39. The summed E-state index contributed by atoms with van der Waals surface area (Å²) in [5.74, 6) is 0.530. The molecule has 2 unspecified atom stereocenters. The largest absolute Gasteiger partial charge is 0.363 e. The van der Waals surface area contributed by atoms with Crippen molar-refractivity contribution in [1.82, 2.24) is 5.32 Å². The van der Waals surface area contributed by atoms with Crippen LogP contribution in [0.5, 0.6) is 0 Å². The molecule has 0 bridgehead atoms. The summed E-state index contributed by atoms with van der Waals surface area (Å²) in [4.78, 5) is 14.1. The average Bonchev–Trinajstić information content (AvgIpc) is 2.97. The first-order valence-corrected chi connectivity index (χ1v) is 7.30. The highest BCUT2D eigenvalue weighted by molar-refractivity contribution is 5.95. The fraction of sp³-hybridized carbons (Fsp3) is 0.562. The molecule has 0 spiro atoms. The van der Waals surface area contributed by atoms with Crippen LogP contribution in [0.25, 0.3) is 0 Å². The van der Waals surface area contributed by atoms with Crippen molar-refractivity contribution in [2.24, 2.45) is 5.92 Å². The number of hydrogen-bond acceptors (Lipinski definition) is 3. The molecular weight excluding hydrogens is 252 g/mol. The molecule has 4 nitrogen and oxygen atoms in total. The van der Waals surface area contributed by atoms with E-state index in [1.54, 1.807) is 0 Å². The molecule has 20 heavy (non-hydrogen) atoms. The van der Waals surface area contributed by atoms with Crippen molar-refractivity contribution in [3.63, 3.8) is 0 Å². The molecule has 1 aromatic carbocycles. The molecule has 0 aliphatic carbocycles. The van der Waals surface area contributed by atoms with Gasteiger partial charge in [0.05, 0.1) is 12.1 Å². The topological polar surface area (TPSA) is 41.6 Å². The van der Waals surface area contributed by atoms with Crippen molar-refractivity contribution in [3.05, 3.63) is 29.8 Å². The number of aryl methyl sites for hydroxylation is 1. The number of amides is 1. The molecule has 0 aromatic heterocycles. The van der Waals surface area contributed by atoms with Crippen molar-refractivity contribution in [1.29, 1.82) is 0 Å². The summed E-state index contributed by atoms with van der Waals surface area (Å²) in [7, 11) is 0. The van der Waals surface area contributed by atoms with E-state index in [1.807, 2.05) is 17.0 Å². The normalized spacial score (nSPS) is 30.8. The van der Waals surface area contributed by atoms with E-state index in [2.05, 4.69) is 31.3 Å². The predicted octanol–water partition coefficient (Wildman–Crippen LogP) is 1.73. The van der Waals surface area contributed by atoms with E-state index in [4.69, 9.17) is 4.74 Å². The molecule has 2 atom stereocenters. The molecular formula is C16H22N2O2. The highest BCUT2D eigenvalue weighted by Gasteiger charge is 2.43. The van der Waals surface area contributed by atoms with E-state index in [-0.39, 0.29) is 18.1 Å². The van der Waals surface area contributed by atoms with Crippen LogP contribution in [0, 0.1) is 12.8 Å². The van der Waals surface area contributed by atoms with Crippen LogP contribution in [0.3, 0.4) is 0 Å². The Morgan fingerprint density at radius 2 is 2.30 bits per heavy atom. The molecule has 1 N–H and O–H groups in total. The van der Waals surface area contributed by atoms with Crippen molar-refractivity contribution in [2.75, 3.05) is 31.1 Å². The number of benzene rings is 1. The van der Waals surface area contributed by atoms with Gasteiger partial charge in [0.1, 0.15) is 6.61 Å². The van der Waals surface area contributed by atoms with Crippen molar-refractivity contribution < 1.29 is 9.53 Å². The molecule has 4 heteroatoms. The first-order chi connectivity index (χ1) is 9.58. The number of ether oxygens (including phenoxy) is 1. The second kappa shape index (κ2) is 5.19. The molecule has 2 fully saturated rings. The van der Waals surface area contributed by atoms with Gasteiger partial charge >= 0.3 is 0 Å². The van der Waals surface area contributed by atoms with E-state index < -0.39 is 0 Å². The third kappa shape index (κ3) is 2.45. The van der Waals surface area contributed by atoms with Crippen molar-refractivity contribution in [2.45, 2.75) is 25.9 Å². The number of carbonyl (C=O) groups is 1. The summed E-state index contributed by atoms with van der Waals surface area (Å²) in [5, 5.41) is 3.39. The zero-order valence-corrected chi connectivity index (χ0v) is 12.2. The van der Waals surface area contributed by atoms with Crippen LogP contribution in [0.2, 0.25) is 0 Å². The minimum Gasteiger partial charge on any atom is -0.363 e. The number of hydrogen-bond donors (Lipinski definition) is 1. The van der Waals surface area contributed by atoms with Gasteiger partial charge in [-0.1, -0.05) is 12.1 Å². The number of nitrogens with one attached hydrogen (secondary N) is 1. The maximum atomic E-state index is 12.2. The molecule has 2 heterocycles. The van der Waals surface area contributed by atoms with Gasteiger partial charge in [0.15, 0.2) is 0 Å². The lowest BCUT2D eigenvalue weighted by molar-refractivity contribution is -0.142. The summed E-state index contributed by atoms with van der Waals surface area (Å²) >= 11 is 0. The monoisotopic (exact) mass is 274 g/mol. The number of anilines is 1. The van der Waals surface area contributed by atoms with E-state index in [9.17, 15) is 4.79 Å². The van der Waals surface area contributed by atoms with Gasteiger partial charge in [-0.25, -0.2) is 0 Å². The van der Waals surface area contributed by atoms with Gasteiger partial charge in [0.2, 0.25) is 0 Å². The second-order valence-corrected chi connectivity index (χ2v) is 6.11. The minimum atomic E-state index is -0.249. The van der Waals surface area contributed by atoms with Crippen LogP contribution < -0.4 is 10.2 Å². The van der Waals surface area contributed by atoms with Crippen LogP contribution in [-0.4, -0.2) is 37.7 Å². The lowest BCUT2D eigenvalue weighted by Gasteiger charge is -2.43. The summed E-state index contributed by atoms with van der Waals surface area (Å²) in [5.41, 5.74) is 1.91. The fourth-order valence-corrected chi connectivity index (χ4v) is 3.21. The summed E-state index contributed by atoms with van der Waals surface area (Å²) < 4.78 is 5.91. The molecule has 108 valence electrons. The highest BCUT2D eigenvalue weighted by Crippen LogP contribution is 2.33. The number of rotatable bonds is 2. The van der Waals surface area contributed by atoms with Gasteiger partial charge in [-0.15, -0.1) is 0 Å². The summed E-state index contributed by atoms with van der Waals surface area (Å²) in [6, 6.07) is 8.12. The Morgan fingerprint density at radius 1 is 1.45 bits per heavy atom. The molecule has 2 aliphatic rings. The summed E-state index contributed by atoms with van der Waals surface area (Å²) in [6.45, 7) is 7.03. The van der Waals surface area contributed by atoms with Crippen LogP contribution in [-0.2, 0) is 9.53 Å². The summed E-state index contributed by atoms with van der Waals surface area (Å²) in [6.07, 6.45) is 1.12. The van der Waals surface area contributed by atoms with Gasteiger partial charge in [-0.3, -0.25) is 4.79 Å². The molecule has 1 amide bonds. The highest BCUT2D eigenvalue weighted by atomic mass is 16.5. The van der Waals surface area contributed by atoms with Gasteiger partial charge in [-0.2, -0.15) is 0 Å². The maximum Gasteiger partial charge on any atom is 0.253 e. The number of nitrogens with zero attached hydrogens (tertiary/aromatic N) is 1. The quantitative estimate of drug-likeness (QED) is 0.893. The van der Waals surface area contributed by atoms with E-state index in [1.165, 1.54) is 5.56 Å². The zero-order chi connectivity index (χ0) is 14.2. The Labute approximate surface area is 120 Å². The standard InChI is InChI=1S/C16H22N2O2/c1-12-4-3-5-14(8-12)18-11-16(2,20-10-15(18)19)13-6-7-17-9-13/h3-5,8,13,17H,6-7,9-11H2,1-2H3. The Morgan fingerprint density at radius 3 is 3.00 bits per heavy atom. The van der Waals surface area contributed by atoms with Crippen molar-refractivity contribution in [3.8, 4) is 0 Å². The number of carbonyl (C=O) groups excluding carboxylic acids is 1. The average molecular weight is 274 g/mol. The third-order valence-electron chi connectivity index (χ3n) is 4.54. The fourth-order valence-electron chi connectivity index (χ4n) is 3.21. The molecule has 2 saturated heterocycles. The smallest absolute Gasteiger partial charge is 0.253 e. The van der Waals surface area contributed by atoms with Crippen LogP contribution in [0.1, 0.15) is 18.9 Å². The zero-order valence-electron chi connectivity index (χ0n) is 12.2. The van der Waals surface area contributed by atoms with Gasteiger partial charge in [0, 0.05) is 18.2 Å². The second-order valence-electron chi connectivity index (χ2n) is 6.11. The van der Waals surface area contributed by atoms with E-state index >= 15 is 0 Å². The van der Waals surface area contributed by atoms with Crippen LogP contribution >= 0.6 is 0 Å². The number of morpholine rings is 1. The Kier molecular flexibility index (Phi) is 3.52. The minimum absolute atomic E-state index is 0.0547. The van der Waals surface area contributed by atoms with E-state index in [0.29, 0.717) is 12.5 Å². The van der Waals surface area contributed by atoms with Crippen LogP contribution in [0.15, 0.2) is 24.3 Å². The Bertz CT molecular complexity index is 511. The molecule has 0 radical (unpaired) electrons. The SMILES string of the molecule is Cc1cccc(N2CC(C)(C3CCNC3)OCC2=O)c1. The maximum absolute atomic E-state index is 12.2. The lowest BCUT2D eigenvalue weighted by atomic mass is 9.86. The molecule has 0 saturated carbocycles. The van der Waals surface area contributed by atoms with Gasteiger partial charge in [0.25, 0.3) is 5.91 Å². The first kappa shape index (κ1) is 13.6. The van der Waals surface area contributed by atoms with E-state index in [0.717, 1.165) is 25.2 Å². The Balaban J connectivity index is 1.84. The van der Waals surface area contributed by atoms with Gasteiger partial charge in [-0.05, 0) is 44.5 Å². The van der Waals surface area contributed by atoms with Crippen molar-refractivity contribution >= 4 is 11.6 Å². The predicted molar refractivity (Wildman–Crippen MR) is 78.9 cm³/mol. The first-order valence-electron chi connectivity index (χ1n) is 7.30. The molecule has 1 aromatic rings.